The Hall–Kier alpha value is -3.14. The van der Waals surface area contributed by atoms with Crippen molar-refractivity contribution in [1.82, 2.24) is 14.5 Å². The van der Waals surface area contributed by atoms with Crippen molar-refractivity contribution >= 4 is 41.5 Å². The molecule has 2 aliphatic heterocycles. The van der Waals surface area contributed by atoms with E-state index in [4.69, 9.17) is 4.74 Å². The number of hydrogen-bond donors (Lipinski definition) is 1. The predicted molar refractivity (Wildman–Crippen MR) is 103 cm³/mol. The maximum Gasteiger partial charge on any atom is 0.354 e. The molecule has 10 heteroatoms. The molecule has 152 valence electrons. The van der Waals surface area contributed by atoms with Gasteiger partial charge in [-0.15, -0.1) is 0 Å². The molecular formula is C19H19N3O6S. The fourth-order valence-corrected chi connectivity index (χ4v) is 4.39. The lowest BCUT2D eigenvalue weighted by Gasteiger charge is -2.47. The van der Waals surface area contributed by atoms with Crippen LogP contribution in [0, 0.1) is 0 Å². The minimum atomic E-state index is -0.999. The van der Waals surface area contributed by atoms with Crippen LogP contribution in [-0.2, 0) is 19.1 Å². The van der Waals surface area contributed by atoms with Crippen molar-refractivity contribution in [2.24, 2.45) is 0 Å². The quantitative estimate of drug-likeness (QED) is 0.251. The van der Waals surface area contributed by atoms with Crippen molar-refractivity contribution in [3.8, 4) is 0 Å². The molecule has 0 saturated carbocycles. The molecule has 2 heterocycles. The Morgan fingerprint density at radius 3 is 2.03 bits per heavy atom. The number of likely N-dealkylation sites (tertiary alicyclic amines) is 1. The molecule has 0 aliphatic carbocycles. The number of nitrogens with zero attached hydrogens (tertiary/aromatic N) is 2. The van der Waals surface area contributed by atoms with Gasteiger partial charge in [0.1, 0.15) is 17.1 Å². The Bertz CT molecular complexity index is 933. The standard InChI is InChI=1S/C19H19N3O6S/c1-9(2)14(19(27)28-4)21-17(26)13(20-10(3)23)18(21)29-22-15(24)11-7-5-6-8-12(11)16(22)25/h5-8,13,18H,1-4H3,(H,20,23). The summed E-state index contributed by atoms with van der Waals surface area (Å²) in [6, 6.07) is 5.38. The van der Waals surface area contributed by atoms with Gasteiger partial charge in [0.05, 0.1) is 18.2 Å². The molecule has 2 atom stereocenters. The number of amides is 4. The average Bonchev–Trinajstić information content (AvgIpc) is 2.93. The van der Waals surface area contributed by atoms with Crippen LogP contribution in [0.4, 0.5) is 0 Å². The van der Waals surface area contributed by atoms with E-state index < -0.39 is 41.0 Å². The van der Waals surface area contributed by atoms with Crippen LogP contribution in [0.15, 0.2) is 35.5 Å². The number of β-lactam (4-membered cyclic amide) rings is 1. The van der Waals surface area contributed by atoms with Gasteiger partial charge >= 0.3 is 5.97 Å². The number of carbonyl (C=O) groups excluding carboxylic acids is 5. The number of benzene rings is 1. The molecule has 1 aromatic rings. The third-order valence-corrected chi connectivity index (χ3v) is 5.71. The lowest BCUT2D eigenvalue weighted by molar-refractivity contribution is -0.151. The van der Waals surface area contributed by atoms with Gasteiger partial charge in [0.25, 0.3) is 17.7 Å². The number of hydrogen-bond acceptors (Lipinski definition) is 7. The molecule has 3 rings (SSSR count). The van der Waals surface area contributed by atoms with Crippen LogP contribution in [-0.4, -0.2) is 57.3 Å². The summed E-state index contributed by atoms with van der Waals surface area (Å²) in [6.07, 6.45) is 0. The SMILES string of the molecule is COC(=O)C(=C(C)C)N1C(=O)C(NC(C)=O)C1SN1C(=O)c2ccccc2C1=O. The number of esters is 1. The van der Waals surface area contributed by atoms with Gasteiger partial charge in [0.2, 0.25) is 5.91 Å². The second kappa shape index (κ2) is 7.70. The van der Waals surface area contributed by atoms with Crippen LogP contribution in [0.3, 0.4) is 0 Å². The minimum Gasteiger partial charge on any atom is -0.464 e. The molecule has 0 radical (unpaired) electrons. The summed E-state index contributed by atoms with van der Waals surface area (Å²) >= 11 is 0.785. The molecule has 0 spiro atoms. The van der Waals surface area contributed by atoms with Crippen molar-refractivity contribution in [2.75, 3.05) is 7.11 Å². The molecular weight excluding hydrogens is 398 g/mol. The number of ether oxygens (including phenoxy) is 1. The summed E-state index contributed by atoms with van der Waals surface area (Å²) in [5.41, 5.74) is 1.04. The summed E-state index contributed by atoms with van der Waals surface area (Å²) in [7, 11) is 1.19. The molecule has 2 unspecified atom stereocenters. The fourth-order valence-electron chi connectivity index (χ4n) is 3.17. The normalized spacial score (nSPS) is 20.2. The van der Waals surface area contributed by atoms with Crippen LogP contribution in [0.25, 0.3) is 0 Å². The largest absolute Gasteiger partial charge is 0.464 e. The van der Waals surface area contributed by atoms with Crippen LogP contribution in [0.2, 0.25) is 0 Å². The molecule has 1 aromatic carbocycles. The smallest absolute Gasteiger partial charge is 0.354 e. The van der Waals surface area contributed by atoms with Gasteiger partial charge in [-0.05, 0) is 43.5 Å². The number of carbonyl (C=O) groups is 5. The van der Waals surface area contributed by atoms with Gasteiger partial charge in [-0.3, -0.25) is 24.1 Å². The van der Waals surface area contributed by atoms with E-state index >= 15 is 0 Å². The van der Waals surface area contributed by atoms with Crippen molar-refractivity contribution in [3.05, 3.63) is 46.7 Å². The number of fused-ring (bicyclic) bond motifs is 1. The highest BCUT2D eigenvalue weighted by atomic mass is 32.2. The zero-order valence-corrected chi connectivity index (χ0v) is 17.0. The number of methoxy groups -OCH3 is 1. The molecule has 0 aromatic heterocycles. The van der Waals surface area contributed by atoms with Gasteiger partial charge in [-0.1, -0.05) is 12.1 Å². The number of imide groups is 1. The number of nitrogens with one attached hydrogen (secondary N) is 1. The second-order valence-corrected chi connectivity index (χ2v) is 7.73. The molecule has 29 heavy (non-hydrogen) atoms. The van der Waals surface area contributed by atoms with Crippen molar-refractivity contribution in [3.63, 3.8) is 0 Å². The van der Waals surface area contributed by atoms with Crippen LogP contribution >= 0.6 is 11.9 Å². The number of allylic oxidation sites excluding steroid dienone is 1. The molecule has 1 fully saturated rings. The molecule has 9 nitrogen and oxygen atoms in total. The first kappa shape index (κ1) is 20.6. The van der Waals surface area contributed by atoms with E-state index in [-0.39, 0.29) is 16.8 Å². The van der Waals surface area contributed by atoms with E-state index in [1.54, 1.807) is 38.1 Å². The highest BCUT2D eigenvalue weighted by Gasteiger charge is 2.54. The van der Waals surface area contributed by atoms with Crippen LogP contribution in [0.1, 0.15) is 41.5 Å². The maximum absolute atomic E-state index is 12.7. The first-order valence-electron chi connectivity index (χ1n) is 8.69. The zero-order chi connectivity index (χ0) is 21.5. The Morgan fingerprint density at radius 2 is 1.59 bits per heavy atom. The van der Waals surface area contributed by atoms with E-state index in [1.807, 2.05) is 0 Å². The van der Waals surface area contributed by atoms with Gasteiger partial charge in [0.15, 0.2) is 0 Å². The molecule has 2 aliphatic rings. The lowest BCUT2D eigenvalue weighted by atomic mass is 10.0. The summed E-state index contributed by atoms with van der Waals surface area (Å²) in [6.45, 7) is 4.52. The van der Waals surface area contributed by atoms with E-state index in [9.17, 15) is 24.0 Å². The second-order valence-electron chi connectivity index (χ2n) is 6.67. The molecule has 0 bridgehead atoms. The monoisotopic (exact) mass is 417 g/mol. The molecule has 1 N–H and O–H groups in total. The third-order valence-electron chi connectivity index (χ3n) is 4.47. The Labute approximate surface area is 171 Å². The first-order valence-corrected chi connectivity index (χ1v) is 9.53. The topological polar surface area (TPSA) is 113 Å². The summed E-state index contributed by atoms with van der Waals surface area (Å²) in [5, 5.41) is 1.63. The van der Waals surface area contributed by atoms with Crippen molar-refractivity contribution in [2.45, 2.75) is 32.2 Å². The third kappa shape index (κ3) is 3.39. The summed E-state index contributed by atoms with van der Waals surface area (Å²) in [5.74, 6) is -2.75. The predicted octanol–water partition coefficient (Wildman–Crippen LogP) is 1.07. The van der Waals surface area contributed by atoms with Gasteiger partial charge in [-0.2, -0.15) is 0 Å². The average molecular weight is 417 g/mol. The molecule has 4 amide bonds. The highest BCUT2D eigenvalue weighted by Crippen LogP contribution is 2.40. The first-order chi connectivity index (χ1) is 13.7. The summed E-state index contributed by atoms with van der Waals surface area (Å²) < 4.78 is 5.72. The van der Waals surface area contributed by atoms with E-state index in [0.717, 1.165) is 21.2 Å². The maximum atomic E-state index is 12.7. The minimum absolute atomic E-state index is 0.00760. The molecule has 1 saturated heterocycles. The Balaban J connectivity index is 1.95. The van der Waals surface area contributed by atoms with Gasteiger partial charge in [-0.25, -0.2) is 9.10 Å². The number of rotatable bonds is 5. The summed E-state index contributed by atoms with van der Waals surface area (Å²) in [4.78, 5) is 63.0. The van der Waals surface area contributed by atoms with Gasteiger partial charge in [0, 0.05) is 6.92 Å². The van der Waals surface area contributed by atoms with E-state index in [0.29, 0.717) is 5.57 Å². The van der Waals surface area contributed by atoms with E-state index in [2.05, 4.69) is 5.32 Å². The highest BCUT2D eigenvalue weighted by molar-refractivity contribution is 7.98. The van der Waals surface area contributed by atoms with Gasteiger partial charge < -0.3 is 10.1 Å². The Kier molecular flexibility index (Phi) is 5.47. The van der Waals surface area contributed by atoms with Crippen LogP contribution in [0.5, 0.6) is 0 Å². The fraction of sp³-hybridized carbons (Fsp3) is 0.316. The van der Waals surface area contributed by atoms with Crippen LogP contribution < -0.4 is 5.32 Å². The van der Waals surface area contributed by atoms with Crippen molar-refractivity contribution < 1.29 is 28.7 Å². The van der Waals surface area contributed by atoms with Crippen molar-refractivity contribution in [1.29, 1.82) is 0 Å². The zero-order valence-electron chi connectivity index (χ0n) is 16.2. The lowest BCUT2D eigenvalue weighted by Crippen LogP contribution is -2.70. The Morgan fingerprint density at radius 1 is 1.03 bits per heavy atom. The van der Waals surface area contributed by atoms with E-state index in [1.165, 1.54) is 14.0 Å².